The van der Waals surface area contributed by atoms with Gasteiger partial charge in [-0.05, 0) is 92.3 Å². The summed E-state index contributed by atoms with van der Waals surface area (Å²) < 4.78 is 76.4. The summed E-state index contributed by atoms with van der Waals surface area (Å²) in [5.74, 6) is 1.09. The Bertz CT molecular complexity index is 1480. The molecule has 49 heavy (non-hydrogen) atoms. The van der Waals surface area contributed by atoms with Gasteiger partial charge in [-0.2, -0.15) is 17.5 Å². The van der Waals surface area contributed by atoms with E-state index < -0.39 is 27.8 Å². The average molecular weight is 705 g/mol. The van der Waals surface area contributed by atoms with Gasteiger partial charge in [-0.15, -0.1) is 0 Å². The molecule has 2 N–H and O–H groups in total. The normalized spacial score (nSPS) is 23.8. The molecule has 8 nitrogen and oxygen atoms in total. The monoisotopic (exact) mass is 704 g/mol. The summed E-state index contributed by atoms with van der Waals surface area (Å²) in [6, 6.07) is 10.7. The molecular weight excluding hydrogens is 653 g/mol. The van der Waals surface area contributed by atoms with E-state index in [2.05, 4.69) is 4.90 Å². The Morgan fingerprint density at radius 3 is 2.04 bits per heavy atom. The van der Waals surface area contributed by atoms with Crippen molar-refractivity contribution in [2.24, 2.45) is 17.6 Å². The molecule has 0 radical (unpaired) electrons. The lowest BCUT2D eigenvalue weighted by molar-refractivity contribution is -0.139. The number of rotatable bonds is 9. The van der Waals surface area contributed by atoms with Gasteiger partial charge in [0.1, 0.15) is 11.8 Å². The second-order valence-electron chi connectivity index (χ2n) is 14.5. The standard InChI is InChI=1S/C37H51F3N4O4S/c38-37(39,40)30-13-11-29(12-14-30)35(28-9-5-2-6-10-28)43-23-24-44(34(25-43)36(45)42-21-19-31(41)20-22-42)49(46,47)33-17-15-32(16-18-33)48-26-27-7-3-1-4-8-27/h11-18,27-28,31,34-35H,1-10,19-26,41H2/t34-,35?/m0/s1. The minimum absolute atomic E-state index is 0.000869. The lowest BCUT2D eigenvalue weighted by Crippen LogP contribution is -2.62. The highest BCUT2D eigenvalue weighted by Gasteiger charge is 2.45. The topological polar surface area (TPSA) is 96.2 Å². The zero-order chi connectivity index (χ0) is 34.6. The third-order valence-electron chi connectivity index (χ3n) is 11.2. The molecule has 2 saturated carbocycles. The average Bonchev–Trinajstić information content (AvgIpc) is 3.12. The van der Waals surface area contributed by atoms with Crippen LogP contribution in [0.4, 0.5) is 13.2 Å². The van der Waals surface area contributed by atoms with E-state index in [4.69, 9.17) is 10.5 Å². The van der Waals surface area contributed by atoms with Gasteiger partial charge in [-0.25, -0.2) is 8.42 Å². The van der Waals surface area contributed by atoms with Crippen LogP contribution in [0.25, 0.3) is 0 Å². The van der Waals surface area contributed by atoms with Crippen LogP contribution in [0.15, 0.2) is 53.4 Å². The van der Waals surface area contributed by atoms with Crippen molar-refractivity contribution in [2.75, 3.05) is 39.3 Å². The number of amides is 1. The van der Waals surface area contributed by atoms with E-state index in [0.717, 1.165) is 62.6 Å². The highest BCUT2D eigenvalue weighted by molar-refractivity contribution is 7.89. The van der Waals surface area contributed by atoms with Crippen LogP contribution in [0.5, 0.6) is 5.75 Å². The van der Waals surface area contributed by atoms with Crippen molar-refractivity contribution in [1.29, 1.82) is 0 Å². The molecule has 2 aromatic rings. The lowest BCUT2D eigenvalue weighted by atomic mass is 9.79. The van der Waals surface area contributed by atoms with Crippen molar-refractivity contribution in [1.82, 2.24) is 14.1 Å². The maximum Gasteiger partial charge on any atom is 0.416 e. The Morgan fingerprint density at radius 2 is 1.43 bits per heavy atom. The Kier molecular flexibility index (Phi) is 11.6. The van der Waals surface area contributed by atoms with Gasteiger partial charge in [0, 0.05) is 44.8 Å². The molecule has 2 aliphatic heterocycles. The second-order valence-corrected chi connectivity index (χ2v) is 16.4. The summed E-state index contributed by atoms with van der Waals surface area (Å²) in [4.78, 5) is 18.3. The summed E-state index contributed by atoms with van der Waals surface area (Å²) in [7, 11) is -4.06. The number of piperazine rings is 1. The number of halogens is 3. The summed E-state index contributed by atoms with van der Waals surface area (Å²) in [6.07, 6.45) is 7.91. The van der Waals surface area contributed by atoms with E-state index in [1.807, 2.05) is 0 Å². The smallest absolute Gasteiger partial charge is 0.416 e. The van der Waals surface area contributed by atoms with E-state index in [9.17, 15) is 26.4 Å². The first-order valence-corrected chi connectivity index (χ1v) is 19.6. The molecule has 12 heteroatoms. The predicted octanol–water partition coefficient (Wildman–Crippen LogP) is 6.61. The molecule has 4 fully saturated rings. The number of hydrogen-bond acceptors (Lipinski definition) is 6. The number of ether oxygens (including phenoxy) is 1. The summed E-state index contributed by atoms with van der Waals surface area (Å²) in [6.45, 7) is 2.15. The molecule has 6 rings (SSSR count). The fraction of sp³-hybridized carbons (Fsp3) is 0.649. The van der Waals surface area contributed by atoms with Gasteiger partial charge in [0.15, 0.2) is 0 Å². The molecule has 2 aliphatic carbocycles. The van der Waals surface area contributed by atoms with E-state index in [1.54, 1.807) is 41.3 Å². The number of nitrogens with zero attached hydrogens (tertiary/aromatic N) is 3. The van der Waals surface area contributed by atoms with E-state index in [-0.39, 0.29) is 41.9 Å². The number of sulfonamides is 1. The van der Waals surface area contributed by atoms with Gasteiger partial charge >= 0.3 is 6.18 Å². The fourth-order valence-corrected chi connectivity index (χ4v) is 9.94. The zero-order valence-corrected chi connectivity index (χ0v) is 29.1. The van der Waals surface area contributed by atoms with Crippen LogP contribution in [0.2, 0.25) is 0 Å². The first-order valence-electron chi connectivity index (χ1n) is 18.2. The number of nitrogens with two attached hydrogens (primary N) is 1. The number of hydrogen-bond donors (Lipinski definition) is 1. The van der Waals surface area contributed by atoms with Gasteiger partial charge in [0.2, 0.25) is 15.9 Å². The third-order valence-corrected chi connectivity index (χ3v) is 13.1. The Morgan fingerprint density at radius 1 is 0.816 bits per heavy atom. The molecule has 2 atom stereocenters. The number of carbonyl (C=O) groups is 1. The van der Waals surface area contributed by atoms with Crippen LogP contribution in [0, 0.1) is 11.8 Å². The molecule has 2 aromatic carbocycles. The number of carbonyl (C=O) groups excluding carboxylic acids is 1. The molecule has 0 bridgehead atoms. The maximum absolute atomic E-state index is 14.3. The van der Waals surface area contributed by atoms with Crippen molar-refractivity contribution < 1.29 is 31.1 Å². The van der Waals surface area contributed by atoms with Crippen LogP contribution in [-0.4, -0.2) is 79.8 Å². The van der Waals surface area contributed by atoms with Crippen molar-refractivity contribution in [3.8, 4) is 5.75 Å². The van der Waals surface area contributed by atoms with Gasteiger partial charge in [0.05, 0.1) is 17.1 Å². The van der Waals surface area contributed by atoms with Crippen LogP contribution in [-0.2, 0) is 21.0 Å². The molecule has 1 amide bonds. The molecule has 4 aliphatic rings. The SMILES string of the molecule is NC1CCN(C(=O)[C@@H]2CN(C(c3ccc(C(F)(F)F)cc3)C3CCCCC3)CCN2S(=O)(=O)c2ccc(OCC3CCCCC3)cc2)CC1. The molecule has 2 heterocycles. The quantitative estimate of drug-likeness (QED) is 0.316. The molecule has 0 aromatic heterocycles. The first kappa shape index (κ1) is 36.1. The molecule has 0 spiro atoms. The van der Waals surface area contributed by atoms with Gasteiger partial charge in [-0.1, -0.05) is 50.7 Å². The summed E-state index contributed by atoms with van der Waals surface area (Å²) in [5, 5.41) is 0. The van der Waals surface area contributed by atoms with Crippen LogP contribution in [0.3, 0.4) is 0 Å². The first-order chi connectivity index (χ1) is 23.5. The Hall–Kier alpha value is -2.67. The Balaban J connectivity index is 1.26. The number of benzene rings is 2. The van der Waals surface area contributed by atoms with Gasteiger partial charge in [0.25, 0.3) is 0 Å². The van der Waals surface area contributed by atoms with Crippen molar-refractivity contribution in [3.63, 3.8) is 0 Å². The van der Waals surface area contributed by atoms with E-state index >= 15 is 0 Å². The molecule has 2 saturated heterocycles. The minimum Gasteiger partial charge on any atom is -0.493 e. The number of alkyl halides is 3. The van der Waals surface area contributed by atoms with Crippen LogP contribution in [0.1, 0.15) is 94.2 Å². The number of likely N-dealkylation sites (tertiary alicyclic amines) is 1. The van der Waals surface area contributed by atoms with Crippen LogP contribution >= 0.6 is 0 Å². The highest BCUT2D eigenvalue weighted by Crippen LogP contribution is 2.41. The predicted molar refractivity (Wildman–Crippen MR) is 182 cm³/mol. The zero-order valence-electron chi connectivity index (χ0n) is 28.3. The van der Waals surface area contributed by atoms with E-state index in [0.29, 0.717) is 50.8 Å². The van der Waals surface area contributed by atoms with Crippen molar-refractivity contribution in [3.05, 3.63) is 59.7 Å². The van der Waals surface area contributed by atoms with Crippen LogP contribution < -0.4 is 10.5 Å². The number of piperidine rings is 1. The summed E-state index contributed by atoms with van der Waals surface area (Å²) >= 11 is 0. The van der Waals surface area contributed by atoms with Gasteiger partial charge in [-0.3, -0.25) is 9.69 Å². The summed E-state index contributed by atoms with van der Waals surface area (Å²) in [5.41, 5.74) is 6.21. The van der Waals surface area contributed by atoms with Crippen molar-refractivity contribution in [2.45, 2.75) is 106 Å². The van der Waals surface area contributed by atoms with E-state index in [1.165, 1.54) is 23.6 Å². The highest BCUT2D eigenvalue weighted by atomic mass is 32.2. The Labute approximate surface area is 289 Å². The third kappa shape index (κ3) is 8.63. The second kappa shape index (κ2) is 15.7. The lowest BCUT2D eigenvalue weighted by Gasteiger charge is -2.47. The van der Waals surface area contributed by atoms with Gasteiger partial charge < -0.3 is 15.4 Å². The molecular formula is C37H51F3N4O4S. The van der Waals surface area contributed by atoms with Crippen molar-refractivity contribution >= 4 is 15.9 Å². The molecule has 1 unspecified atom stereocenters. The fourth-order valence-electron chi connectivity index (χ4n) is 8.37. The largest absolute Gasteiger partial charge is 0.493 e. The maximum atomic E-state index is 14.3. The molecule has 270 valence electrons. The minimum atomic E-state index is -4.44.